The molecule has 2 aromatic carbocycles. The number of rotatable bonds is 7. The Balaban J connectivity index is 2.33. The zero-order valence-corrected chi connectivity index (χ0v) is 21.1. The molecule has 3 rings (SSSR count). The van der Waals surface area contributed by atoms with Gasteiger partial charge >= 0.3 is 0 Å². The highest BCUT2D eigenvalue weighted by molar-refractivity contribution is 7.98. The van der Waals surface area contributed by atoms with Gasteiger partial charge in [0, 0.05) is 16.9 Å². The number of ether oxygens (including phenoxy) is 1. The van der Waals surface area contributed by atoms with Crippen LogP contribution in [0.1, 0.15) is 56.9 Å². The highest BCUT2D eigenvalue weighted by Gasteiger charge is 2.26. The number of hydrogen-bond donors (Lipinski definition) is 0. The summed E-state index contributed by atoms with van der Waals surface area (Å²) in [4.78, 5) is 17.2. The summed E-state index contributed by atoms with van der Waals surface area (Å²) >= 11 is 1.87. The molecule has 3 nitrogen and oxygen atoms in total. The van der Waals surface area contributed by atoms with Crippen LogP contribution < -0.4 is 4.74 Å². The number of allylic oxidation sites excluding steroid dienone is 2. The smallest absolute Gasteiger partial charge is 0.165 e. The number of ketones is 1. The first-order valence-electron chi connectivity index (χ1n) is 11.3. The van der Waals surface area contributed by atoms with Gasteiger partial charge in [-0.25, -0.2) is 4.39 Å². The number of aliphatic imine (C=N–C) groups is 1. The van der Waals surface area contributed by atoms with Crippen LogP contribution in [0, 0.1) is 11.7 Å². The molecule has 0 N–H and O–H groups in total. The SMILES string of the molecule is CCSCc1ccc2c(c1)C(=C/C(C)C)/C(=C\C(C)=O)[C@H](C)N=C2c1ccc(F)c(OC)c1. The van der Waals surface area contributed by atoms with Crippen LogP contribution in [0.3, 0.4) is 0 Å². The van der Waals surface area contributed by atoms with Gasteiger partial charge in [0.05, 0.1) is 18.9 Å². The van der Waals surface area contributed by atoms with Crippen molar-refractivity contribution in [2.24, 2.45) is 10.9 Å². The zero-order chi connectivity index (χ0) is 24.1. The van der Waals surface area contributed by atoms with Crippen molar-refractivity contribution in [1.82, 2.24) is 0 Å². The van der Waals surface area contributed by atoms with Crippen molar-refractivity contribution in [2.75, 3.05) is 12.9 Å². The van der Waals surface area contributed by atoms with Crippen molar-refractivity contribution in [2.45, 2.75) is 46.4 Å². The summed E-state index contributed by atoms with van der Waals surface area (Å²) in [6.07, 6.45) is 3.92. The zero-order valence-electron chi connectivity index (χ0n) is 20.2. The van der Waals surface area contributed by atoms with Crippen LogP contribution in [-0.2, 0) is 10.5 Å². The lowest BCUT2D eigenvalue weighted by Gasteiger charge is -2.17. The summed E-state index contributed by atoms with van der Waals surface area (Å²) in [5.74, 6) is 2.01. The minimum atomic E-state index is -0.409. The average Bonchev–Trinajstić information content (AvgIpc) is 2.88. The number of carbonyl (C=O) groups is 1. The van der Waals surface area contributed by atoms with Crippen molar-refractivity contribution in [3.05, 3.63) is 82.2 Å². The Morgan fingerprint density at radius 2 is 1.97 bits per heavy atom. The van der Waals surface area contributed by atoms with Crippen molar-refractivity contribution < 1.29 is 13.9 Å². The molecule has 0 saturated carbocycles. The second-order valence-electron chi connectivity index (χ2n) is 8.55. The van der Waals surface area contributed by atoms with E-state index in [1.54, 1.807) is 25.1 Å². The van der Waals surface area contributed by atoms with Crippen molar-refractivity contribution >= 4 is 28.8 Å². The van der Waals surface area contributed by atoms with Gasteiger partial charge in [-0.3, -0.25) is 9.79 Å². The summed E-state index contributed by atoms with van der Waals surface area (Å²) in [5, 5.41) is 0. The highest BCUT2D eigenvalue weighted by atomic mass is 32.2. The third-order valence-electron chi connectivity index (χ3n) is 5.47. The second kappa shape index (κ2) is 11.0. The molecule has 0 amide bonds. The van der Waals surface area contributed by atoms with Crippen molar-refractivity contribution in [3.63, 3.8) is 0 Å². The number of benzene rings is 2. The van der Waals surface area contributed by atoms with E-state index >= 15 is 0 Å². The third-order valence-corrected chi connectivity index (χ3v) is 6.41. The van der Waals surface area contributed by atoms with E-state index in [4.69, 9.17) is 9.73 Å². The van der Waals surface area contributed by atoms with E-state index in [1.165, 1.54) is 18.7 Å². The van der Waals surface area contributed by atoms with Gasteiger partial charge in [-0.2, -0.15) is 11.8 Å². The third kappa shape index (κ3) is 5.83. The van der Waals surface area contributed by atoms with Crippen LogP contribution in [0.4, 0.5) is 4.39 Å². The van der Waals surface area contributed by atoms with E-state index in [1.807, 2.05) is 18.7 Å². The molecule has 0 radical (unpaired) electrons. The van der Waals surface area contributed by atoms with Gasteiger partial charge in [0.15, 0.2) is 17.3 Å². The molecule has 1 aliphatic heterocycles. The van der Waals surface area contributed by atoms with Gasteiger partial charge in [0.1, 0.15) is 0 Å². The lowest BCUT2D eigenvalue weighted by atomic mass is 9.86. The van der Waals surface area contributed by atoms with Crippen molar-refractivity contribution in [1.29, 1.82) is 0 Å². The maximum atomic E-state index is 14.1. The molecule has 0 saturated heterocycles. The first-order chi connectivity index (χ1) is 15.7. The number of nitrogens with zero attached hydrogens (tertiary/aromatic N) is 1. The topological polar surface area (TPSA) is 38.7 Å². The first-order valence-corrected chi connectivity index (χ1v) is 12.5. The Hall–Kier alpha value is -2.66. The van der Waals surface area contributed by atoms with E-state index in [9.17, 15) is 9.18 Å². The van der Waals surface area contributed by atoms with Gasteiger partial charge < -0.3 is 4.74 Å². The summed E-state index contributed by atoms with van der Waals surface area (Å²) < 4.78 is 19.4. The molecular formula is C28H32FNO2S. The molecule has 1 aliphatic rings. The summed E-state index contributed by atoms with van der Waals surface area (Å²) in [6.45, 7) is 10.0. The summed E-state index contributed by atoms with van der Waals surface area (Å²) in [6, 6.07) is 11.0. The summed E-state index contributed by atoms with van der Waals surface area (Å²) in [5.41, 5.74) is 6.75. The number of halogens is 1. The molecular weight excluding hydrogens is 433 g/mol. The number of thioether (sulfide) groups is 1. The van der Waals surface area contributed by atoms with Crippen LogP contribution in [0.25, 0.3) is 5.57 Å². The Labute approximate surface area is 200 Å². The Morgan fingerprint density at radius 1 is 1.21 bits per heavy atom. The Morgan fingerprint density at radius 3 is 2.61 bits per heavy atom. The number of fused-ring (bicyclic) bond motifs is 1. The minimum absolute atomic E-state index is 0.00662. The van der Waals surface area contributed by atoms with Gasteiger partial charge in [-0.15, -0.1) is 0 Å². The lowest BCUT2D eigenvalue weighted by molar-refractivity contribution is -0.112. The van der Waals surface area contributed by atoms with Crippen LogP contribution >= 0.6 is 11.8 Å². The van der Waals surface area contributed by atoms with Gasteiger partial charge in [0.2, 0.25) is 0 Å². The maximum absolute atomic E-state index is 14.1. The Kier molecular flexibility index (Phi) is 8.30. The molecule has 0 unspecified atom stereocenters. The fourth-order valence-electron chi connectivity index (χ4n) is 4.02. The highest BCUT2D eigenvalue weighted by Crippen LogP contribution is 2.37. The normalized spacial score (nSPS) is 18.3. The van der Waals surface area contributed by atoms with Crippen molar-refractivity contribution in [3.8, 4) is 5.75 Å². The average molecular weight is 466 g/mol. The van der Waals surface area contributed by atoms with Crippen LogP contribution in [0.15, 0.2) is 59.1 Å². The largest absolute Gasteiger partial charge is 0.494 e. The van der Waals surface area contributed by atoms with Crippen LogP contribution in [0.5, 0.6) is 5.75 Å². The van der Waals surface area contributed by atoms with E-state index in [2.05, 4.69) is 45.0 Å². The van der Waals surface area contributed by atoms with Gasteiger partial charge in [-0.1, -0.05) is 39.0 Å². The summed E-state index contributed by atoms with van der Waals surface area (Å²) in [7, 11) is 1.46. The van der Waals surface area contributed by atoms with E-state index in [0.29, 0.717) is 0 Å². The number of hydrogen-bond acceptors (Lipinski definition) is 4. The standard InChI is InChI=1S/C28H32FNO2S/c1-7-33-16-20-8-10-22-25(14-20)24(12-17(2)3)23(13-18(4)31)19(5)30-28(22)21-9-11-26(29)27(15-21)32-6/h8-15,17,19H,7,16H2,1-6H3/b23-13-,24-12+/t19-/m0/s1. The van der Waals surface area contributed by atoms with E-state index in [-0.39, 0.29) is 23.5 Å². The van der Waals surface area contributed by atoms with Crippen LogP contribution in [-0.4, -0.2) is 30.4 Å². The molecule has 1 atom stereocenters. The molecule has 0 aliphatic carbocycles. The molecule has 0 spiro atoms. The number of methoxy groups -OCH3 is 1. The minimum Gasteiger partial charge on any atom is -0.494 e. The Bertz CT molecular complexity index is 1130. The lowest BCUT2D eigenvalue weighted by Crippen LogP contribution is -2.09. The maximum Gasteiger partial charge on any atom is 0.165 e. The molecule has 33 heavy (non-hydrogen) atoms. The fraction of sp³-hybridized carbons (Fsp3) is 0.357. The van der Waals surface area contributed by atoms with Gasteiger partial charge in [0.25, 0.3) is 0 Å². The van der Waals surface area contributed by atoms with E-state index < -0.39 is 5.82 Å². The second-order valence-corrected chi connectivity index (χ2v) is 9.83. The number of carbonyl (C=O) groups excluding carboxylic acids is 1. The predicted molar refractivity (Wildman–Crippen MR) is 138 cm³/mol. The molecule has 2 aromatic rings. The molecule has 5 heteroatoms. The quantitative estimate of drug-likeness (QED) is 0.418. The molecule has 1 heterocycles. The monoisotopic (exact) mass is 465 g/mol. The van der Waals surface area contributed by atoms with Gasteiger partial charge in [-0.05, 0) is 78.1 Å². The molecule has 0 aromatic heterocycles. The van der Waals surface area contributed by atoms with Crippen LogP contribution in [0.2, 0.25) is 0 Å². The molecule has 0 bridgehead atoms. The predicted octanol–water partition coefficient (Wildman–Crippen LogP) is 6.88. The fourth-order valence-corrected chi connectivity index (χ4v) is 4.64. The molecule has 0 fully saturated rings. The first kappa shape index (κ1) is 25.0. The van der Waals surface area contributed by atoms with E-state index in [0.717, 1.165) is 45.1 Å². The molecule has 174 valence electrons.